The van der Waals surface area contributed by atoms with Crippen LogP contribution in [0.25, 0.3) is 11.0 Å². The normalized spacial score (nSPS) is 11.7. The standard InChI is InChI=1S/C21H26N2O3/c1-21(2,24)20-22-16-10-4-5-11-17(16)23(20)14-8-9-15-26-19-13-7-6-12-18(19)25-3/h4-7,10-13,24H,8-9,14-15H2,1-3H3. The van der Waals surface area contributed by atoms with Crippen LogP contribution in [0.3, 0.4) is 0 Å². The van der Waals surface area contributed by atoms with Crippen LogP contribution in [-0.2, 0) is 12.1 Å². The number of aliphatic hydroxyl groups is 1. The number of aryl methyl sites for hydroxylation is 1. The van der Waals surface area contributed by atoms with Crippen LogP contribution in [-0.4, -0.2) is 28.4 Å². The molecule has 1 aromatic heterocycles. The van der Waals surface area contributed by atoms with Gasteiger partial charge in [0, 0.05) is 6.54 Å². The lowest BCUT2D eigenvalue weighted by Gasteiger charge is -2.19. The van der Waals surface area contributed by atoms with Gasteiger partial charge in [0.1, 0.15) is 11.4 Å². The molecule has 1 N–H and O–H groups in total. The molecule has 0 amide bonds. The molecular weight excluding hydrogens is 328 g/mol. The maximum absolute atomic E-state index is 10.5. The Balaban J connectivity index is 1.63. The van der Waals surface area contributed by atoms with Gasteiger partial charge < -0.3 is 19.1 Å². The van der Waals surface area contributed by atoms with Gasteiger partial charge in [0.15, 0.2) is 11.5 Å². The number of nitrogens with zero attached hydrogens (tertiary/aromatic N) is 2. The van der Waals surface area contributed by atoms with Crippen LogP contribution in [0.2, 0.25) is 0 Å². The second-order valence-electron chi connectivity index (χ2n) is 6.84. The van der Waals surface area contributed by atoms with Crippen LogP contribution in [0.15, 0.2) is 48.5 Å². The average Bonchev–Trinajstić information content (AvgIpc) is 3.01. The molecule has 0 aliphatic heterocycles. The molecule has 0 unspecified atom stereocenters. The summed E-state index contributed by atoms with van der Waals surface area (Å²) in [5.41, 5.74) is 0.984. The number of aromatic nitrogens is 2. The second-order valence-corrected chi connectivity index (χ2v) is 6.84. The minimum atomic E-state index is -0.979. The Labute approximate surface area is 154 Å². The van der Waals surface area contributed by atoms with Gasteiger partial charge in [0.05, 0.1) is 24.8 Å². The highest BCUT2D eigenvalue weighted by atomic mass is 16.5. The molecule has 138 valence electrons. The highest BCUT2D eigenvalue weighted by molar-refractivity contribution is 5.76. The highest BCUT2D eigenvalue weighted by Gasteiger charge is 2.24. The van der Waals surface area contributed by atoms with Gasteiger partial charge in [0.2, 0.25) is 0 Å². The van der Waals surface area contributed by atoms with Gasteiger partial charge in [-0.2, -0.15) is 0 Å². The molecule has 0 saturated heterocycles. The van der Waals surface area contributed by atoms with Gasteiger partial charge in [-0.3, -0.25) is 0 Å². The third-order valence-electron chi connectivity index (χ3n) is 4.30. The number of imidazole rings is 1. The Bertz CT molecular complexity index is 865. The quantitative estimate of drug-likeness (QED) is 0.618. The molecule has 5 nitrogen and oxygen atoms in total. The summed E-state index contributed by atoms with van der Waals surface area (Å²) in [7, 11) is 1.64. The molecule has 0 spiro atoms. The lowest BCUT2D eigenvalue weighted by Crippen LogP contribution is -2.22. The Morgan fingerprint density at radius 3 is 2.42 bits per heavy atom. The zero-order chi connectivity index (χ0) is 18.6. The van der Waals surface area contributed by atoms with E-state index in [2.05, 4.69) is 9.55 Å². The van der Waals surface area contributed by atoms with Gasteiger partial charge in [-0.05, 0) is 51.0 Å². The van der Waals surface area contributed by atoms with Gasteiger partial charge in [-0.1, -0.05) is 24.3 Å². The maximum atomic E-state index is 10.5. The van der Waals surface area contributed by atoms with Crippen molar-refractivity contribution in [3.8, 4) is 11.5 Å². The molecule has 3 rings (SSSR count). The Morgan fingerprint density at radius 2 is 1.69 bits per heavy atom. The van der Waals surface area contributed by atoms with Crippen molar-refractivity contribution in [2.24, 2.45) is 0 Å². The number of para-hydroxylation sites is 4. The van der Waals surface area contributed by atoms with Crippen molar-refractivity contribution in [3.63, 3.8) is 0 Å². The van der Waals surface area contributed by atoms with Crippen LogP contribution in [0, 0.1) is 0 Å². The lowest BCUT2D eigenvalue weighted by molar-refractivity contribution is 0.0650. The molecule has 26 heavy (non-hydrogen) atoms. The number of hydrogen-bond donors (Lipinski definition) is 1. The number of rotatable bonds is 8. The Morgan fingerprint density at radius 1 is 1.00 bits per heavy atom. The molecule has 0 radical (unpaired) electrons. The van der Waals surface area contributed by atoms with Crippen molar-refractivity contribution < 1.29 is 14.6 Å². The van der Waals surface area contributed by atoms with Crippen LogP contribution >= 0.6 is 0 Å². The summed E-state index contributed by atoms with van der Waals surface area (Å²) in [6.45, 7) is 4.95. The topological polar surface area (TPSA) is 56.5 Å². The van der Waals surface area contributed by atoms with Gasteiger partial charge in [-0.25, -0.2) is 4.98 Å². The molecule has 1 heterocycles. The molecular formula is C21H26N2O3. The first-order chi connectivity index (χ1) is 12.5. The van der Waals surface area contributed by atoms with E-state index in [-0.39, 0.29) is 0 Å². The predicted octanol–water partition coefficient (Wildman–Crippen LogP) is 4.13. The summed E-state index contributed by atoms with van der Waals surface area (Å²) in [6, 6.07) is 15.7. The van der Waals surface area contributed by atoms with E-state index < -0.39 is 5.60 Å². The third kappa shape index (κ3) is 3.99. The van der Waals surface area contributed by atoms with E-state index in [1.807, 2.05) is 48.5 Å². The van der Waals surface area contributed by atoms with E-state index in [1.165, 1.54) is 0 Å². The van der Waals surface area contributed by atoms with Crippen molar-refractivity contribution in [1.29, 1.82) is 0 Å². The van der Waals surface area contributed by atoms with Crippen molar-refractivity contribution >= 4 is 11.0 Å². The first kappa shape index (κ1) is 18.3. The molecule has 0 saturated carbocycles. The van der Waals surface area contributed by atoms with Crippen LogP contribution in [0.5, 0.6) is 11.5 Å². The fourth-order valence-electron chi connectivity index (χ4n) is 3.06. The molecule has 0 aliphatic carbocycles. The molecule has 0 fully saturated rings. The van der Waals surface area contributed by atoms with Gasteiger partial charge in [-0.15, -0.1) is 0 Å². The lowest BCUT2D eigenvalue weighted by atomic mass is 10.1. The van der Waals surface area contributed by atoms with Crippen LogP contribution < -0.4 is 9.47 Å². The summed E-state index contributed by atoms with van der Waals surface area (Å²) in [4.78, 5) is 4.62. The molecule has 0 atom stereocenters. The predicted molar refractivity (Wildman–Crippen MR) is 103 cm³/mol. The van der Waals surface area contributed by atoms with E-state index in [4.69, 9.17) is 9.47 Å². The summed E-state index contributed by atoms with van der Waals surface area (Å²) in [5, 5.41) is 10.5. The van der Waals surface area contributed by atoms with E-state index in [1.54, 1.807) is 21.0 Å². The maximum Gasteiger partial charge on any atom is 0.161 e. The minimum Gasteiger partial charge on any atom is -0.493 e. The number of fused-ring (bicyclic) bond motifs is 1. The van der Waals surface area contributed by atoms with Crippen molar-refractivity contribution in [2.75, 3.05) is 13.7 Å². The van der Waals surface area contributed by atoms with Crippen LogP contribution in [0.1, 0.15) is 32.5 Å². The Kier molecular flexibility index (Phi) is 5.47. The number of ether oxygens (including phenoxy) is 2. The zero-order valence-corrected chi connectivity index (χ0v) is 15.6. The van der Waals surface area contributed by atoms with Gasteiger partial charge >= 0.3 is 0 Å². The summed E-state index contributed by atoms with van der Waals surface area (Å²) >= 11 is 0. The summed E-state index contributed by atoms with van der Waals surface area (Å²) in [6.07, 6.45) is 1.83. The number of hydrogen-bond acceptors (Lipinski definition) is 4. The molecule has 0 bridgehead atoms. The third-order valence-corrected chi connectivity index (χ3v) is 4.30. The largest absolute Gasteiger partial charge is 0.493 e. The molecule has 3 aromatic rings. The Hall–Kier alpha value is -2.53. The zero-order valence-electron chi connectivity index (χ0n) is 15.6. The second kappa shape index (κ2) is 7.79. The van der Waals surface area contributed by atoms with Crippen molar-refractivity contribution in [3.05, 3.63) is 54.4 Å². The minimum absolute atomic E-state index is 0.616. The number of benzene rings is 2. The fourth-order valence-corrected chi connectivity index (χ4v) is 3.06. The first-order valence-corrected chi connectivity index (χ1v) is 8.94. The van der Waals surface area contributed by atoms with E-state index >= 15 is 0 Å². The van der Waals surface area contributed by atoms with Crippen molar-refractivity contribution in [1.82, 2.24) is 9.55 Å². The van der Waals surface area contributed by atoms with E-state index in [9.17, 15) is 5.11 Å². The van der Waals surface area contributed by atoms with E-state index in [0.717, 1.165) is 41.9 Å². The molecule has 5 heteroatoms. The highest BCUT2D eigenvalue weighted by Crippen LogP contribution is 2.27. The molecule has 0 aliphatic rings. The monoisotopic (exact) mass is 354 g/mol. The van der Waals surface area contributed by atoms with Gasteiger partial charge in [0.25, 0.3) is 0 Å². The average molecular weight is 354 g/mol. The van der Waals surface area contributed by atoms with Crippen LogP contribution in [0.4, 0.5) is 0 Å². The number of unbranched alkanes of at least 4 members (excludes halogenated alkanes) is 1. The summed E-state index contributed by atoms with van der Waals surface area (Å²) < 4.78 is 13.2. The first-order valence-electron chi connectivity index (χ1n) is 8.94. The smallest absolute Gasteiger partial charge is 0.161 e. The molecule has 2 aromatic carbocycles. The fraction of sp³-hybridized carbons (Fsp3) is 0.381. The SMILES string of the molecule is COc1ccccc1OCCCCn1c(C(C)(C)O)nc2ccccc21. The summed E-state index contributed by atoms with van der Waals surface area (Å²) in [5.74, 6) is 2.21. The number of methoxy groups -OCH3 is 1. The van der Waals surface area contributed by atoms with E-state index in [0.29, 0.717) is 12.4 Å². The van der Waals surface area contributed by atoms with Crippen molar-refractivity contribution in [2.45, 2.75) is 38.8 Å².